The van der Waals surface area contributed by atoms with Gasteiger partial charge >= 0.3 is 0 Å². The van der Waals surface area contributed by atoms with Gasteiger partial charge < -0.3 is 4.52 Å². The molecule has 0 aliphatic rings. The molecule has 1 atom stereocenters. The maximum Gasteiger partial charge on any atom is 0.239 e. The highest BCUT2D eigenvalue weighted by Crippen LogP contribution is 2.34. The second kappa shape index (κ2) is 6.72. The minimum absolute atomic E-state index is 0.0425. The molecule has 0 saturated carbocycles. The molecule has 0 N–H and O–H groups in total. The number of thioether (sulfide) groups is 1. The average molecular weight is 344 g/mol. The first kappa shape index (κ1) is 16.6. The molecule has 0 radical (unpaired) electrons. The zero-order valence-corrected chi connectivity index (χ0v) is 15.2. The lowest BCUT2D eigenvalue weighted by Crippen LogP contribution is -2.04. The first-order chi connectivity index (χ1) is 11.5. The van der Waals surface area contributed by atoms with E-state index in [1.807, 2.05) is 26.8 Å². The molecule has 0 amide bonds. The summed E-state index contributed by atoms with van der Waals surface area (Å²) in [7, 11) is 0. The van der Waals surface area contributed by atoms with Gasteiger partial charge in [-0.3, -0.25) is 0 Å². The van der Waals surface area contributed by atoms with Crippen LogP contribution in [0.5, 0.6) is 0 Å². The van der Waals surface area contributed by atoms with Gasteiger partial charge in [-0.2, -0.15) is 9.67 Å². The number of hydrogen-bond acceptors (Lipinski definition) is 7. The minimum atomic E-state index is -0.0425. The van der Waals surface area contributed by atoms with Crippen LogP contribution in [0.3, 0.4) is 0 Å². The number of hydrogen-bond donors (Lipinski definition) is 0. The van der Waals surface area contributed by atoms with Crippen molar-refractivity contribution in [2.75, 3.05) is 0 Å². The highest BCUT2D eigenvalue weighted by molar-refractivity contribution is 7.99. The number of aromatic nitrogens is 6. The van der Waals surface area contributed by atoms with Crippen molar-refractivity contribution in [2.24, 2.45) is 0 Å². The number of para-hydroxylation sites is 1. The van der Waals surface area contributed by atoms with E-state index in [0.29, 0.717) is 16.9 Å². The summed E-state index contributed by atoms with van der Waals surface area (Å²) in [6, 6.07) is 6.13. The Bertz CT molecular complexity index is 820. The maximum absolute atomic E-state index is 5.37. The smallest absolute Gasteiger partial charge is 0.239 e. The van der Waals surface area contributed by atoms with E-state index in [1.165, 1.54) is 11.8 Å². The highest BCUT2D eigenvalue weighted by Gasteiger charge is 2.21. The molecule has 126 valence electrons. The van der Waals surface area contributed by atoms with Gasteiger partial charge in [0.25, 0.3) is 0 Å². The van der Waals surface area contributed by atoms with Crippen molar-refractivity contribution in [2.45, 2.75) is 50.9 Å². The average Bonchev–Trinajstić information content (AvgIpc) is 3.17. The first-order valence-corrected chi connectivity index (χ1v) is 8.70. The van der Waals surface area contributed by atoms with Crippen LogP contribution in [-0.4, -0.2) is 30.3 Å². The second-order valence-electron chi connectivity index (χ2n) is 6.02. The number of nitrogens with zero attached hydrogens (tertiary/aromatic N) is 6. The summed E-state index contributed by atoms with van der Waals surface area (Å²) >= 11 is 1.50. The van der Waals surface area contributed by atoms with Gasteiger partial charge in [-0.25, -0.2) is 0 Å². The van der Waals surface area contributed by atoms with Crippen LogP contribution in [0.15, 0.2) is 27.9 Å². The Balaban J connectivity index is 1.88. The standard InChI is InChI=1S/C16H20N6OS/c1-9(2)14-17-15(23-19-14)12(5)24-16-18-20-21-22(16)13-10(3)7-6-8-11(13)4/h6-9,12H,1-5H3/t12-/m1/s1. The first-order valence-electron chi connectivity index (χ1n) is 7.82. The molecule has 0 spiro atoms. The SMILES string of the molecule is Cc1cccc(C)c1-n1nnnc1S[C@H](C)c1nc(C(C)C)no1. The van der Waals surface area contributed by atoms with E-state index in [4.69, 9.17) is 4.52 Å². The Morgan fingerprint density at radius 1 is 1.12 bits per heavy atom. The molecule has 0 unspecified atom stereocenters. The number of rotatable bonds is 5. The molecule has 0 aliphatic carbocycles. The van der Waals surface area contributed by atoms with Gasteiger partial charge in [-0.05, 0) is 42.3 Å². The molecule has 0 aliphatic heterocycles. The predicted octanol–water partition coefficient (Wildman–Crippen LogP) is 3.64. The van der Waals surface area contributed by atoms with Crippen LogP contribution in [0.2, 0.25) is 0 Å². The minimum Gasteiger partial charge on any atom is -0.338 e. The fourth-order valence-corrected chi connectivity index (χ4v) is 3.21. The van der Waals surface area contributed by atoms with Gasteiger partial charge in [-0.1, -0.05) is 49.0 Å². The molecule has 0 fully saturated rings. The molecule has 2 heterocycles. The molecular weight excluding hydrogens is 324 g/mol. The molecule has 3 rings (SSSR count). The number of aryl methyl sites for hydroxylation is 2. The monoisotopic (exact) mass is 344 g/mol. The van der Waals surface area contributed by atoms with Crippen molar-refractivity contribution < 1.29 is 4.52 Å². The topological polar surface area (TPSA) is 82.5 Å². The highest BCUT2D eigenvalue weighted by atomic mass is 32.2. The third-order valence-corrected chi connectivity index (χ3v) is 4.72. The van der Waals surface area contributed by atoms with E-state index in [0.717, 1.165) is 16.8 Å². The van der Waals surface area contributed by atoms with Crippen LogP contribution in [-0.2, 0) is 0 Å². The van der Waals surface area contributed by atoms with Gasteiger partial charge in [0.15, 0.2) is 5.82 Å². The molecule has 7 nitrogen and oxygen atoms in total. The van der Waals surface area contributed by atoms with Crippen LogP contribution < -0.4 is 0 Å². The van der Waals surface area contributed by atoms with Gasteiger partial charge in [0, 0.05) is 5.92 Å². The van der Waals surface area contributed by atoms with Crippen molar-refractivity contribution in [3.05, 3.63) is 41.0 Å². The Hall–Kier alpha value is -2.22. The van der Waals surface area contributed by atoms with Crippen LogP contribution in [0.4, 0.5) is 0 Å². The summed E-state index contributed by atoms with van der Waals surface area (Å²) in [6.07, 6.45) is 0. The molecule has 0 saturated heterocycles. The Morgan fingerprint density at radius 3 is 2.46 bits per heavy atom. The predicted molar refractivity (Wildman–Crippen MR) is 91.3 cm³/mol. The fraction of sp³-hybridized carbons (Fsp3) is 0.438. The summed E-state index contributed by atoms with van der Waals surface area (Å²) < 4.78 is 7.14. The summed E-state index contributed by atoms with van der Waals surface area (Å²) in [5.74, 6) is 1.53. The van der Waals surface area contributed by atoms with Gasteiger partial charge in [0.05, 0.1) is 10.9 Å². The lowest BCUT2D eigenvalue weighted by molar-refractivity contribution is 0.373. The zero-order chi connectivity index (χ0) is 17.3. The van der Waals surface area contributed by atoms with E-state index in [2.05, 4.69) is 51.6 Å². The van der Waals surface area contributed by atoms with Crippen LogP contribution in [0.25, 0.3) is 5.69 Å². The van der Waals surface area contributed by atoms with Crippen LogP contribution in [0.1, 0.15) is 54.8 Å². The van der Waals surface area contributed by atoms with Gasteiger partial charge in [0.1, 0.15) is 0 Å². The molecule has 8 heteroatoms. The van der Waals surface area contributed by atoms with E-state index in [9.17, 15) is 0 Å². The molecule has 3 aromatic rings. The van der Waals surface area contributed by atoms with Gasteiger partial charge in [0.2, 0.25) is 11.0 Å². The Labute approximate surface area is 144 Å². The molecule has 1 aromatic carbocycles. The molecule has 24 heavy (non-hydrogen) atoms. The van der Waals surface area contributed by atoms with Crippen molar-refractivity contribution in [1.29, 1.82) is 0 Å². The fourth-order valence-electron chi connectivity index (χ4n) is 2.39. The quantitative estimate of drug-likeness (QED) is 0.653. The van der Waals surface area contributed by atoms with Crippen LogP contribution >= 0.6 is 11.8 Å². The lowest BCUT2D eigenvalue weighted by Gasteiger charge is -2.11. The van der Waals surface area contributed by atoms with Crippen LogP contribution in [0, 0.1) is 13.8 Å². The van der Waals surface area contributed by atoms with E-state index in [1.54, 1.807) is 4.68 Å². The molecule has 2 aromatic heterocycles. The second-order valence-corrected chi connectivity index (χ2v) is 7.33. The van der Waals surface area contributed by atoms with E-state index in [-0.39, 0.29) is 11.2 Å². The third kappa shape index (κ3) is 3.19. The van der Waals surface area contributed by atoms with Gasteiger partial charge in [-0.15, -0.1) is 5.10 Å². The summed E-state index contributed by atoms with van der Waals surface area (Å²) in [5, 5.41) is 16.8. The van der Waals surface area contributed by atoms with E-state index < -0.39 is 0 Å². The zero-order valence-electron chi connectivity index (χ0n) is 14.4. The van der Waals surface area contributed by atoms with E-state index >= 15 is 0 Å². The Morgan fingerprint density at radius 2 is 1.83 bits per heavy atom. The lowest BCUT2D eigenvalue weighted by atomic mass is 10.1. The largest absolute Gasteiger partial charge is 0.338 e. The third-order valence-electron chi connectivity index (χ3n) is 3.70. The summed E-state index contributed by atoms with van der Waals surface area (Å²) in [5.41, 5.74) is 3.25. The molecule has 0 bridgehead atoms. The van der Waals surface area contributed by atoms with Crippen molar-refractivity contribution in [1.82, 2.24) is 30.3 Å². The summed E-state index contributed by atoms with van der Waals surface area (Å²) in [4.78, 5) is 4.45. The van der Waals surface area contributed by atoms with Crippen molar-refractivity contribution >= 4 is 11.8 Å². The maximum atomic E-state index is 5.37. The number of tetrazole rings is 1. The number of benzene rings is 1. The Kier molecular flexibility index (Phi) is 4.66. The van der Waals surface area contributed by atoms with Crippen molar-refractivity contribution in [3.63, 3.8) is 0 Å². The van der Waals surface area contributed by atoms with Crippen molar-refractivity contribution in [3.8, 4) is 5.69 Å². The normalized spacial score (nSPS) is 12.8. The molecular formula is C16H20N6OS. The summed E-state index contributed by atoms with van der Waals surface area (Å²) in [6.45, 7) is 10.2.